The first kappa shape index (κ1) is 23.8. The molecule has 9 nitrogen and oxygen atoms in total. The topological polar surface area (TPSA) is 132 Å². The number of aromatic nitrogens is 1. The number of hydrogen-bond acceptors (Lipinski definition) is 5. The molecule has 9 heteroatoms. The second-order valence-electron chi connectivity index (χ2n) is 10.9. The van der Waals surface area contributed by atoms with Gasteiger partial charge in [0.05, 0.1) is 23.0 Å². The molecular formula is C28H33N5O4. The van der Waals surface area contributed by atoms with E-state index in [1.165, 1.54) is 5.56 Å². The fourth-order valence-corrected chi connectivity index (χ4v) is 6.79. The number of carboxylic acid groups (broad SMARTS) is 1. The van der Waals surface area contributed by atoms with Crippen LogP contribution in [0.2, 0.25) is 0 Å². The molecule has 6 rings (SSSR count). The number of benzene rings is 2. The number of aliphatic carboxylic acids is 1. The van der Waals surface area contributed by atoms with Gasteiger partial charge in [0.25, 0.3) is 5.91 Å². The second kappa shape index (κ2) is 9.06. The molecule has 0 aliphatic carbocycles. The predicted octanol–water partition coefficient (Wildman–Crippen LogP) is 2.79. The summed E-state index contributed by atoms with van der Waals surface area (Å²) in [5.41, 5.74) is 9.83. The molecule has 2 amide bonds. The lowest BCUT2D eigenvalue weighted by molar-refractivity contribution is -0.138. The fourth-order valence-electron chi connectivity index (χ4n) is 6.79. The molecule has 3 aliphatic rings. The molecule has 3 fully saturated rings. The van der Waals surface area contributed by atoms with E-state index in [0.29, 0.717) is 18.0 Å². The van der Waals surface area contributed by atoms with Crippen LogP contribution < -0.4 is 16.0 Å². The summed E-state index contributed by atoms with van der Waals surface area (Å²) in [6, 6.07) is 10.2. The van der Waals surface area contributed by atoms with Crippen molar-refractivity contribution in [1.29, 1.82) is 0 Å². The zero-order valence-corrected chi connectivity index (χ0v) is 20.9. The van der Waals surface area contributed by atoms with Crippen molar-refractivity contribution in [1.82, 2.24) is 15.2 Å². The number of nitrogens with zero attached hydrogens (tertiary/aromatic N) is 2. The van der Waals surface area contributed by atoms with E-state index in [2.05, 4.69) is 33.4 Å². The number of piperidine rings is 2. The second-order valence-corrected chi connectivity index (χ2v) is 10.9. The normalized spacial score (nSPS) is 23.2. The number of nitrogens with one attached hydrogen (secondary N) is 2. The molecular weight excluding hydrogens is 470 g/mol. The highest BCUT2D eigenvalue weighted by atomic mass is 16.4. The van der Waals surface area contributed by atoms with E-state index in [1.54, 1.807) is 6.07 Å². The number of primary amides is 1. The maximum atomic E-state index is 12.7. The minimum Gasteiger partial charge on any atom is -0.480 e. The van der Waals surface area contributed by atoms with Crippen LogP contribution >= 0.6 is 0 Å². The van der Waals surface area contributed by atoms with Gasteiger partial charge in [-0.2, -0.15) is 0 Å². The van der Waals surface area contributed by atoms with Crippen molar-refractivity contribution in [2.24, 2.45) is 11.1 Å². The van der Waals surface area contributed by atoms with Crippen molar-refractivity contribution in [3.05, 3.63) is 41.5 Å². The Labute approximate surface area is 215 Å². The Morgan fingerprint density at radius 2 is 1.92 bits per heavy atom. The molecule has 1 unspecified atom stereocenters. The van der Waals surface area contributed by atoms with Gasteiger partial charge in [0.1, 0.15) is 0 Å². The van der Waals surface area contributed by atoms with Crippen LogP contribution in [0.1, 0.15) is 53.9 Å². The zero-order chi connectivity index (χ0) is 25.7. The number of amides is 2. The highest BCUT2D eigenvalue weighted by Crippen LogP contribution is 2.43. The number of carbonyl (C=O) groups is 3. The van der Waals surface area contributed by atoms with E-state index in [4.69, 9.17) is 10.8 Å². The van der Waals surface area contributed by atoms with Crippen molar-refractivity contribution < 1.29 is 19.5 Å². The Morgan fingerprint density at radius 3 is 2.62 bits per heavy atom. The van der Waals surface area contributed by atoms with Gasteiger partial charge in [-0.25, -0.2) is 0 Å². The molecule has 0 bridgehead atoms. The van der Waals surface area contributed by atoms with Gasteiger partial charge < -0.3 is 26.0 Å². The SMILES string of the molecule is NC(=O)c1ccc(N2CCCC3(CCNC3=O)C2)c2c1[nH]c1cc(C3CCN(CC(=O)O)CC3)ccc12. The summed E-state index contributed by atoms with van der Waals surface area (Å²) in [5.74, 6) is -0.745. The number of nitrogens with two attached hydrogens (primary N) is 1. The maximum Gasteiger partial charge on any atom is 0.317 e. The molecule has 1 spiro atoms. The zero-order valence-electron chi connectivity index (χ0n) is 20.9. The lowest BCUT2D eigenvalue weighted by Crippen LogP contribution is -2.47. The van der Waals surface area contributed by atoms with E-state index in [9.17, 15) is 14.4 Å². The molecule has 3 aromatic rings. The van der Waals surface area contributed by atoms with Crippen LogP contribution in [-0.2, 0) is 9.59 Å². The summed E-state index contributed by atoms with van der Waals surface area (Å²) in [4.78, 5) is 43.9. The summed E-state index contributed by atoms with van der Waals surface area (Å²) in [6.45, 7) is 3.88. The molecule has 0 radical (unpaired) electrons. The number of H-pyrrole nitrogens is 1. The summed E-state index contributed by atoms with van der Waals surface area (Å²) in [5, 5.41) is 14.1. The Balaban J connectivity index is 1.38. The fraction of sp³-hybridized carbons (Fsp3) is 0.464. The Bertz CT molecular complexity index is 1410. The van der Waals surface area contributed by atoms with Crippen LogP contribution in [0.25, 0.3) is 21.8 Å². The molecule has 1 atom stereocenters. The number of hydrogen-bond donors (Lipinski definition) is 4. The summed E-state index contributed by atoms with van der Waals surface area (Å²) >= 11 is 0. The highest BCUT2D eigenvalue weighted by Gasteiger charge is 2.45. The van der Waals surface area contributed by atoms with Crippen molar-refractivity contribution in [3.8, 4) is 0 Å². The third-order valence-corrected chi connectivity index (χ3v) is 8.73. The number of aromatic amines is 1. The van der Waals surface area contributed by atoms with Gasteiger partial charge in [-0.15, -0.1) is 0 Å². The van der Waals surface area contributed by atoms with Crippen molar-refractivity contribution in [3.63, 3.8) is 0 Å². The maximum absolute atomic E-state index is 12.7. The molecule has 1 aromatic heterocycles. The van der Waals surface area contributed by atoms with Crippen molar-refractivity contribution in [2.45, 2.75) is 38.0 Å². The predicted molar refractivity (Wildman–Crippen MR) is 142 cm³/mol. The molecule has 0 saturated carbocycles. The van der Waals surface area contributed by atoms with Crippen molar-refractivity contribution >= 4 is 45.3 Å². The van der Waals surface area contributed by atoms with Gasteiger partial charge >= 0.3 is 5.97 Å². The van der Waals surface area contributed by atoms with E-state index in [1.807, 2.05) is 11.0 Å². The van der Waals surface area contributed by atoms with Gasteiger partial charge in [0.15, 0.2) is 0 Å². The lowest BCUT2D eigenvalue weighted by Gasteiger charge is -2.40. The Kier molecular flexibility index (Phi) is 5.82. The number of carboxylic acids is 1. The van der Waals surface area contributed by atoms with Gasteiger partial charge in [-0.1, -0.05) is 12.1 Å². The summed E-state index contributed by atoms with van der Waals surface area (Å²) < 4.78 is 0. The molecule has 194 valence electrons. The molecule has 2 aromatic carbocycles. The Morgan fingerprint density at radius 1 is 1.11 bits per heavy atom. The van der Waals surface area contributed by atoms with Crippen LogP contribution in [0.5, 0.6) is 0 Å². The quantitative estimate of drug-likeness (QED) is 0.423. The first-order valence-electron chi connectivity index (χ1n) is 13.2. The number of anilines is 1. The summed E-state index contributed by atoms with van der Waals surface area (Å²) in [6.07, 6.45) is 4.52. The minimum atomic E-state index is -0.785. The Hall–Kier alpha value is -3.59. The van der Waals surface area contributed by atoms with Crippen LogP contribution in [0, 0.1) is 5.41 Å². The van der Waals surface area contributed by atoms with E-state index in [0.717, 1.165) is 85.8 Å². The van der Waals surface area contributed by atoms with Gasteiger partial charge in [0, 0.05) is 41.6 Å². The van der Waals surface area contributed by atoms with Crippen LogP contribution in [-0.4, -0.2) is 72.0 Å². The molecule has 3 aliphatic heterocycles. The number of rotatable bonds is 5. The smallest absolute Gasteiger partial charge is 0.317 e. The minimum absolute atomic E-state index is 0.0892. The highest BCUT2D eigenvalue weighted by molar-refractivity contribution is 6.19. The molecule has 5 N–H and O–H groups in total. The molecule has 3 saturated heterocycles. The van der Waals surface area contributed by atoms with Crippen molar-refractivity contribution in [2.75, 3.05) is 44.2 Å². The lowest BCUT2D eigenvalue weighted by atomic mass is 9.78. The van der Waals surface area contributed by atoms with Gasteiger partial charge in [-0.3, -0.25) is 19.3 Å². The summed E-state index contributed by atoms with van der Waals surface area (Å²) in [7, 11) is 0. The first-order valence-corrected chi connectivity index (χ1v) is 13.2. The van der Waals surface area contributed by atoms with E-state index in [-0.39, 0.29) is 17.9 Å². The number of likely N-dealkylation sites (tertiary alicyclic amines) is 1. The van der Waals surface area contributed by atoms with Crippen LogP contribution in [0.4, 0.5) is 5.69 Å². The molecule has 4 heterocycles. The first-order chi connectivity index (χ1) is 17.8. The molecule has 37 heavy (non-hydrogen) atoms. The largest absolute Gasteiger partial charge is 0.480 e. The average Bonchev–Trinajstić information content (AvgIpc) is 3.43. The standard InChI is InChI=1S/C28H33N5O4/c29-26(36)20-4-5-22(33-11-1-8-28(16-33)9-10-30-27(28)37)24-19-3-2-18(14-21(19)31-25(20)24)17-6-12-32(13-7-17)15-23(34)35/h2-5,14,17,31H,1,6-13,15-16H2,(H2,29,36)(H,30,37)(H,34,35). The van der Waals surface area contributed by atoms with E-state index < -0.39 is 11.9 Å². The van der Waals surface area contributed by atoms with Gasteiger partial charge in [-0.05, 0) is 74.9 Å². The number of carbonyl (C=O) groups excluding carboxylic acids is 2. The van der Waals surface area contributed by atoms with Gasteiger partial charge in [0.2, 0.25) is 5.91 Å². The van der Waals surface area contributed by atoms with E-state index >= 15 is 0 Å². The van der Waals surface area contributed by atoms with Crippen LogP contribution in [0.15, 0.2) is 30.3 Å². The third kappa shape index (κ3) is 4.11. The monoisotopic (exact) mass is 503 g/mol. The number of fused-ring (bicyclic) bond motifs is 3. The average molecular weight is 504 g/mol. The third-order valence-electron chi connectivity index (χ3n) is 8.73. The van der Waals surface area contributed by atoms with Crippen LogP contribution in [0.3, 0.4) is 0 Å².